The minimum atomic E-state index is -5.88. The Morgan fingerprint density at radius 2 is 1.17 bits per heavy atom. The summed E-state index contributed by atoms with van der Waals surface area (Å²) in [5, 5.41) is 0. The molecular formula is O4TbV. The molecule has 0 atom stereocenters. The normalized spacial score (nSPS) is 9.83. The maximum absolute atomic E-state index is 8.61. The van der Waals surface area contributed by atoms with E-state index in [1.165, 1.54) is 0 Å². The van der Waals surface area contributed by atoms with Gasteiger partial charge in [-0.1, -0.05) is 0 Å². The van der Waals surface area contributed by atoms with Gasteiger partial charge in [0.2, 0.25) is 0 Å². The van der Waals surface area contributed by atoms with Crippen LogP contribution in [-0.4, -0.2) is 0 Å². The quantitative estimate of drug-likeness (QED) is 0.455. The topological polar surface area (TPSA) is 86.2 Å². The summed E-state index contributed by atoms with van der Waals surface area (Å²) >= 11 is -5.88. The largest absolute Gasteiger partial charge is 3.00 e. The molecule has 4 nitrogen and oxygen atoms in total. The molecule has 0 N–H and O–H groups in total. The summed E-state index contributed by atoms with van der Waals surface area (Å²) in [7, 11) is 0. The fraction of sp³-hybridized carbons (Fsp3) is 0. The first kappa shape index (κ1) is 10.5. The van der Waals surface area contributed by atoms with E-state index in [0.717, 1.165) is 0 Å². The van der Waals surface area contributed by atoms with Gasteiger partial charge in [0.25, 0.3) is 0 Å². The monoisotopic (exact) mass is 274 g/mol. The van der Waals surface area contributed by atoms with Crippen molar-refractivity contribution in [3.63, 3.8) is 0 Å². The van der Waals surface area contributed by atoms with E-state index in [0.29, 0.717) is 0 Å². The minimum absolute atomic E-state index is 0. The van der Waals surface area contributed by atoms with Crippen molar-refractivity contribution in [1.29, 1.82) is 0 Å². The van der Waals surface area contributed by atoms with E-state index < -0.39 is 15.0 Å². The van der Waals surface area contributed by atoms with Crippen LogP contribution in [0.15, 0.2) is 0 Å². The molecule has 38 valence electrons. The van der Waals surface area contributed by atoms with Crippen LogP contribution >= 0.6 is 0 Å². The molecule has 0 aromatic rings. The smallest absolute Gasteiger partial charge is 3.00 e. The van der Waals surface area contributed by atoms with Gasteiger partial charge in [-0.15, -0.1) is 0 Å². The zero-order valence-electron chi connectivity index (χ0n) is 2.41. The molecule has 0 spiro atoms. The standard InChI is InChI=1S/4O.Tb.V/q;3*-1;+3;. The Balaban J connectivity index is 0. The van der Waals surface area contributed by atoms with Crippen molar-refractivity contribution in [3.8, 4) is 0 Å². The average Bonchev–Trinajstić information content (AvgIpc) is 0.722. The molecule has 0 fully saturated rings. The van der Waals surface area contributed by atoms with E-state index in [-0.39, 0.29) is 38.6 Å². The average molecular weight is 274 g/mol. The summed E-state index contributed by atoms with van der Waals surface area (Å²) in [5.74, 6) is 0. The Kier molecular flexibility index (Phi) is 6.20. The fourth-order valence-electron chi connectivity index (χ4n) is 0. The number of hydrogen-bond acceptors (Lipinski definition) is 4. The van der Waals surface area contributed by atoms with Crippen molar-refractivity contribution >= 4 is 0 Å². The molecule has 0 aliphatic heterocycles. The molecule has 0 aliphatic carbocycles. The van der Waals surface area contributed by atoms with Crippen LogP contribution < -0.4 is 12.1 Å². The van der Waals surface area contributed by atoms with Crippen molar-refractivity contribution in [2.24, 2.45) is 0 Å². The molecule has 0 heterocycles. The van der Waals surface area contributed by atoms with Crippen LogP contribution in [0.3, 0.4) is 0 Å². The zero-order valence-corrected chi connectivity index (χ0v) is 5.95. The molecule has 0 rings (SSSR count). The Hall–Kier alpha value is 1.55. The van der Waals surface area contributed by atoms with Crippen LogP contribution in [0.1, 0.15) is 0 Å². The van der Waals surface area contributed by atoms with Gasteiger partial charge in [0.05, 0.1) is 0 Å². The summed E-state index contributed by atoms with van der Waals surface area (Å²) in [6.07, 6.45) is 0. The van der Waals surface area contributed by atoms with Crippen LogP contribution in [0.25, 0.3) is 0 Å². The molecule has 0 saturated carbocycles. The molecule has 6 heavy (non-hydrogen) atoms. The Labute approximate surface area is 68.6 Å². The molecule has 0 bridgehead atoms. The molecule has 0 amide bonds. The maximum Gasteiger partial charge on any atom is 3.00 e. The van der Waals surface area contributed by atoms with Gasteiger partial charge < -0.3 is 0 Å². The van der Waals surface area contributed by atoms with E-state index in [4.69, 9.17) is 15.8 Å². The predicted octanol–water partition coefficient (Wildman–Crippen LogP) is -3.69. The minimum Gasteiger partial charge on any atom is 3.00 e. The van der Waals surface area contributed by atoms with Gasteiger partial charge in [-0.25, -0.2) is 0 Å². The van der Waals surface area contributed by atoms with Crippen LogP contribution in [-0.2, 0) is 18.7 Å². The van der Waals surface area contributed by atoms with E-state index in [1.807, 2.05) is 0 Å². The molecule has 0 radical (unpaired) electrons. The third-order valence-corrected chi connectivity index (χ3v) is 0. The molecule has 0 aromatic carbocycles. The van der Waals surface area contributed by atoms with Crippen molar-refractivity contribution in [3.05, 3.63) is 0 Å². The molecule has 0 aromatic heterocycles. The van der Waals surface area contributed by atoms with Crippen molar-refractivity contribution in [2.75, 3.05) is 0 Å². The maximum atomic E-state index is 8.61. The first-order valence-corrected chi connectivity index (χ1v) is 3.01. The van der Waals surface area contributed by atoms with Gasteiger partial charge in [-0.2, -0.15) is 0 Å². The SMILES string of the molecule is [O]=[V]([O-])([O-])[O-].[Tb+3]. The van der Waals surface area contributed by atoms with Crippen molar-refractivity contribution < 1.29 is 69.4 Å². The second-order valence-electron chi connectivity index (χ2n) is 0.447. The summed E-state index contributed by atoms with van der Waals surface area (Å²) in [6, 6.07) is 0. The molecule has 0 unspecified atom stereocenters. The van der Waals surface area contributed by atoms with Gasteiger partial charge in [-0.3, -0.25) is 0 Å². The number of hydrogen-bond donors (Lipinski definition) is 0. The van der Waals surface area contributed by atoms with Crippen LogP contribution in [0.4, 0.5) is 0 Å². The van der Waals surface area contributed by atoms with Crippen LogP contribution in [0, 0.1) is 38.6 Å². The summed E-state index contributed by atoms with van der Waals surface area (Å²) in [5.41, 5.74) is 0. The van der Waals surface area contributed by atoms with Crippen molar-refractivity contribution in [1.82, 2.24) is 0 Å². The van der Waals surface area contributed by atoms with Gasteiger partial charge in [0.15, 0.2) is 0 Å². The van der Waals surface area contributed by atoms with E-state index in [9.17, 15) is 0 Å². The van der Waals surface area contributed by atoms with Gasteiger partial charge in [0, 0.05) is 0 Å². The molecule has 6 heteroatoms. The zero-order chi connectivity index (χ0) is 4.50. The first-order chi connectivity index (χ1) is 2.00. The Morgan fingerprint density at radius 1 is 1.17 bits per heavy atom. The summed E-state index contributed by atoms with van der Waals surface area (Å²) in [6.45, 7) is 0. The van der Waals surface area contributed by atoms with E-state index in [2.05, 4.69) is 0 Å². The predicted molar refractivity (Wildman–Crippen MR) is 0.686 cm³/mol. The van der Waals surface area contributed by atoms with Gasteiger partial charge in [-0.05, 0) is 0 Å². The Morgan fingerprint density at radius 3 is 1.17 bits per heavy atom. The summed E-state index contributed by atoms with van der Waals surface area (Å²) in [4.78, 5) is 0. The van der Waals surface area contributed by atoms with E-state index >= 15 is 0 Å². The molecule has 0 saturated heterocycles. The Bertz CT molecular complexity index is 53.7. The third kappa shape index (κ3) is 47.8. The molecule has 0 aliphatic rings. The van der Waals surface area contributed by atoms with Gasteiger partial charge >= 0.3 is 69.4 Å². The van der Waals surface area contributed by atoms with Crippen LogP contribution in [0.5, 0.6) is 0 Å². The fourth-order valence-corrected chi connectivity index (χ4v) is 0. The van der Waals surface area contributed by atoms with E-state index in [1.54, 1.807) is 0 Å². The third-order valence-electron chi connectivity index (χ3n) is 0. The first-order valence-electron chi connectivity index (χ1n) is 0.730. The number of rotatable bonds is 0. The van der Waals surface area contributed by atoms with Crippen LogP contribution in [0.2, 0.25) is 0 Å². The van der Waals surface area contributed by atoms with Crippen molar-refractivity contribution in [2.45, 2.75) is 0 Å². The summed E-state index contributed by atoms with van der Waals surface area (Å²) < 4.78 is 34.4. The molecular weight excluding hydrogens is 274 g/mol. The second kappa shape index (κ2) is 3.54. The second-order valence-corrected chi connectivity index (χ2v) is 1.84. The van der Waals surface area contributed by atoms with Gasteiger partial charge in [0.1, 0.15) is 0 Å².